The monoisotopic (exact) mass is 395 g/mol. The van der Waals surface area contributed by atoms with Gasteiger partial charge in [-0.1, -0.05) is 23.7 Å². The lowest BCUT2D eigenvalue weighted by Gasteiger charge is -2.26. The molecule has 1 saturated heterocycles. The van der Waals surface area contributed by atoms with E-state index >= 15 is 0 Å². The Morgan fingerprint density at radius 2 is 2.23 bits per heavy atom. The molecule has 0 radical (unpaired) electrons. The summed E-state index contributed by atoms with van der Waals surface area (Å²) in [6, 6.07) is 7.65. The standard InChI is InChI=1S/C17H22ClN5O2S/c1-2-23(15-7-9-26(24,25)12-15)17-21-16(11-20-22-17)19-8-6-13-4-3-5-14(18)10-13/h3-5,10-11,15H,2,6-9,12H2,1H3,(H,19,21,22). The summed E-state index contributed by atoms with van der Waals surface area (Å²) in [5, 5.41) is 12.1. The lowest BCUT2D eigenvalue weighted by molar-refractivity contribution is 0.598. The van der Waals surface area contributed by atoms with Crippen LogP contribution in [0.4, 0.5) is 11.8 Å². The molecule has 0 amide bonds. The smallest absolute Gasteiger partial charge is 0.247 e. The molecule has 1 fully saturated rings. The van der Waals surface area contributed by atoms with E-state index in [1.807, 2.05) is 36.1 Å². The Morgan fingerprint density at radius 1 is 1.38 bits per heavy atom. The van der Waals surface area contributed by atoms with Gasteiger partial charge in [0.05, 0.1) is 17.7 Å². The molecule has 26 heavy (non-hydrogen) atoms. The Labute approximate surface area is 158 Å². The molecule has 1 atom stereocenters. The molecule has 0 bridgehead atoms. The fourth-order valence-electron chi connectivity index (χ4n) is 3.11. The summed E-state index contributed by atoms with van der Waals surface area (Å²) in [5.41, 5.74) is 1.14. The average Bonchev–Trinajstić information content (AvgIpc) is 2.96. The van der Waals surface area contributed by atoms with Crippen molar-refractivity contribution < 1.29 is 8.42 Å². The van der Waals surface area contributed by atoms with E-state index in [4.69, 9.17) is 11.6 Å². The number of hydrogen-bond donors (Lipinski definition) is 1. The molecule has 3 rings (SSSR count). The lowest BCUT2D eigenvalue weighted by Crippen LogP contribution is -2.37. The van der Waals surface area contributed by atoms with Crippen molar-refractivity contribution in [3.05, 3.63) is 41.0 Å². The highest BCUT2D eigenvalue weighted by atomic mass is 35.5. The van der Waals surface area contributed by atoms with Crippen LogP contribution in [-0.2, 0) is 16.3 Å². The SMILES string of the molecule is CCN(c1nncc(NCCc2cccc(Cl)c2)n1)C1CCS(=O)(=O)C1. The second-order valence-electron chi connectivity index (χ2n) is 6.29. The number of anilines is 2. The van der Waals surface area contributed by atoms with Crippen LogP contribution in [0.3, 0.4) is 0 Å². The van der Waals surface area contributed by atoms with E-state index in [2.05, 4.69) is 20.5 Å². The highest BCUT2D eigenvalue weighted by Gasteiger charge is 2.33. The van der Waals surface area contributed by atoms with E-state index in [9.17, 15) is 8.42 Å². The third-order valence-corrected chi connectivity index (χ3v) is 6.39. The second kappa shape index (κ2) is 8.18. The molecule has 7 nitrogen and oxygen atoms in total. The molecule has 0 saturated carbocycles. The zero-order valence-corrected chi connectivity index (χ0v) is 16.2. The van der Waals surface area contributed by atoms with Crippen LogP contribution >= 0.6 is 11.6 Å². The highest BCUT2D eigenvalue weighted by Crippen LogP contribution is 2.21. The van der Waals surface area contributed by atoms with Gasteiger partial charge in [0.15, 0.2) is 15.7 Å². The summed E-state index contributed by atoms with van der Waals surface area (Å²) in [5.74, 6) is 1.45. The van der Waals surface area contributed by atoms with E-state index < -0.39 is 9.84 Å². The summed E-state index contributed by atoms with van der Waals surface area (Å²) >= 11 is 6.00. The van der Waals surface area contributed by atoms with Crippen molar-refractivity contribution in [1.29, 1.82) is 0 Å². The predicted molar refractivity (Wildman–Crippen MR) is 104 cm³/mol. The van der Waals surface area contributed by atoms with Crippen LogP contribution < -0.4 is 10.2 Å². The largest absolute Gasteiger partial charge is 0.368 e. The number of nitrogens with zero attached hydrogens (tertiary/aromatic N) is 4. The van der Waals surface area contributed by atoms with Crippen molar-refractivity contribution >= 4 is 33.2 Å². The summed E-state index contributed by atoms with van der Waals surface area (Å²) in [6.45, 7) is 3.28. The highest BCUT2D eigenvalue weighted by molar-refractivity contribution is 7.91. The van der Waals surface area contributed by atoms with Gasteiger partial charge in [0.25, 0.3) is 0 Å². The summed E-state index contributed by atoms with van der Waals surface area (Å²) in [6.07, 6.45) is 2.98. The molecular weight excluding hydrogens is 374 g/mol. The van der Waals surface area contributed by atoms with Gasteiger partial charge in [-0.3, -0.25) is 0 Å². The van der Waals surface area contributed by atoms with Gasteiger partial charge in [-0.15, -0.1) is 5.10 Å². The van der Waals surface area contributed by atoms with Crippen LogP contribution in [0.1, 0.15) is 18.9 Å². The fraction of sp³-hybridized carbons (Fsp3) is 0.471. The first kappa shape index (κ1) is 18.8. The van der Waals surface area contributed by atoms with E-state index in [0.717, 1.165) is 17.0 Å². The zero-order valence-electron chi connectivity index (χ0n) is 14.6. The lowest BCUT2D eigenvalue weighted by atomic mass is 10.1. The number of nitrogens with one attached hydrogen (secondary N) is 1. The number of rotatable bonds is 7. The van der Waals surface area contributed by atoms with Gasteiger partial charge in [-0.05, 0) is 37.5 Å². The van der Waals surface area contributed by atoms with Crippen molar-refractivity contribution in [3.8, 4) is 0 Å². The number of sulfone groups is 1. The Kier molecular flexibility index (Phi) is 5.93. The molecule has 1 N–H and O–H groups in total. The molecule has 0 spiro atoms. The van der Waals surface area contributed by atoms with Gasteiger partial charge in [-0.25, -0.2) is 8.42 Å². The Balaban J connectivity index is 1.63. The topological polar surface area (TPSA) is 88.1 Å². The van der Waals surface area contributed by atoms with Crippen molar-refractivity contribution in [3.63, 3.8) is 0 Å². The predicted octanol–water partition coefficient (Wildman–Crippen LogP) is 2.19. The molecule has 9 heteroatoms. The molecule has 140 valence electrons. The molecule has 2 heterocycles. The molecule has 1 aliphatic heterocycles. The first-order chi connectivity index (χ1) is 12.5. The maximum Gasteiger partial charge on any atom is 0.247 e. The fourth-order valence-corrected chi connectivity index (χ4v) is 5.06. The van der Waals surface area contributed by atoms with E-state index in [0.29, 0.717) is 31.3 Å². The van der Waals surface area contributed by atoms with Gasteiger partial charge >= 0.3 is 0 Å². The van der Waals surface area contributed by atoms with Gasteiger partial charge in [0, 0.05) is 24.2 Å². The minimum absolute atomic E-state index is 0.0893. The first-order valence-electron chi connectivity index (χ1n) is 8.62. The van der Waals surface area contributed by atoms with Gasteiger partial charge in [0.1, 0.15) is 0 Å². The molecule has 1 unspecified atom stereocenters. The van der Waals surface area contributed by atoms with Crippen molar-refractivity contribution in [2.24, 2.45) is 0 Å². The zero-order chi connectivity index (χ0) is 18.6. The summed E-state index contributed by atoms with van der Waals surface area (Å²) < 4.78 is 23.5. The Hall–Kier alpha value is -1.93. The number of hydrogen-bond acceptors (Lipinski definition) is 7. The maximum atomic E-state index is 11.8. The quantitative estimate of drug-likeness (QED) is 0.768. The van der Waals surface area contributed by atoms with Crippen LogP contribution in [-0.4, -0.2) is 54.2 Å². The van der Waals surface area contributed by atoms with Crippen LogP contribution in [0, 0.1) is 0 Å². The first-order valence-corrected chi connectivity index (χ1v) is 10.8. The molecule has 1 aliphatic rings. The maximum absolute atomic E-state index is 11.8. The Bertz CT molecular complexity index is 862. The van der Waals surface area contributed by atoms with Crippen LogP contribution in [0.2, 0.25) is 5.02 Å². The minimum atomic E-state index is -2.96. The number of benzene rings is 1. The summed E-state index contributed by atoms with van der Waals surface area (Å²) in [7, 11) is -2.96. The Morgan fingerprint density at radius 3 is 2.92 bits per heavy atom. The van der Waals surface area contributed by atoms with Crippen molar-refractivity contribution in [1.82, 2.24) is 15.2 Å². The van der Waals surface area contributed by atoms with Gasteiger partial charge in [0.2, 0.25) is 5.95 Å². The van der Waals surface area contributed by atoms with Gasteiger partial charge < -0.3 is 10.2 Å². The molecule has 0 aliphatic carbocycles. The van der Waals surface area contributed by atoms with E-state index in [1.54, 1.807) is 6.20 Å². The third kappa shape index (κ3) is 4.82. The molecule has 2 aromatic rings. The van der Waals surface area contributed by atoms with Crippen molar-refractivity contribution in [2.45, 2.75) is 25.8 Å². The molecular formula is C17H22ClN5O2S. The van der Waals surface area contributed by atoms with E-state index in [-0.39, 0.29) is 17.5 Å². The van der Waals surface area contributed by atoms with Crippen LogP contribution in [0.15, 0.2) is 30.5 Å². The molecule has 1 aromatic heterocycles. The van der Waals surface area contributed by atoms with Crippen LogP contribution in [0.5, 0.6) is 0 Å². The normalized spacial score (nSPS) is 18.6. The number of halogens is 1. The third-order valence-electron chi connectivity index (χ3n) is 4.40. The van der Waals surface area contributed by atoms with Crippen molar-refractivity contribution in [2.75, 3.05) is 34.8 Å². The molecule has 1 aromatic carbocycles. The van der Waals surface area contributed by atoms with Crippen LogP contribution in [0.25, 0.3) is 0 Å². The summed E-state index contributed by atoms with van der Waals surface area (Å²) in [4.78, 5) is 6.42. The van der Waals surface area contributed by atoms with E-state index in [1.165, 1.54) is 0 Å². The second-order valence-corrected chi connectivity index (χ2v) is 8.96. The average molecular weight is 396 g/mol. The minimum Gasteiger partial charge on any atom is -0.368 e. The van der Waals surface area contributed by atoms with Gasteiger partial charge in [-0.2, -0.15) is 10.1 Å². The number of aromatic nitrogens is 3.